The molecule has 9 nitrogen and oxygen atoms in total. The van der Waals surface area contributed by atoms with Gasteiger partial charge in [-0.1, -0.05) is 43.1 Å². The number of esters is 1. The second kappa shape index (κ2) is 10.7. The molecule has 32 heavy (non-hydrogen) atoms. The standard InChI is InChI=1S/C22H24ClN3O6/c1-12(2)19(25-21(28)15-7-5-13(3)6-8-15)22(29)32-14(4)20(27)24-18-10-9-16(26(30)31)11-17(18)23/h5-12,14,19H,1-4H3,(H,24,27)(H,25,28)/t14-,19+/m1/s1. The molecule has 170 valence electrons. The van der Waals surface area contributed by atoms with Crippen molar-refractivity contribution in [1.29, 1.82) is 0 Å². The van der Waals surface area contributed by atoms with Gasteiger partial charge in [0.25, 0.3) is 17.5 Å². The number of nitrogens with zero attached hydrogens (tertiary/aromatic N) is 1. The third kappa shape index (κ3) is 6.52. The number of carbonyl (C=O) groups excluding carboxylic acids is 3. The van der Waals surface area contributed by atoms with Crippen LogP contribution in [0, 0.1) is 23.0 Å². The highest BCUT2D eigenvalue weighted by Crippen LogP contribution is 2.26. The fraction of sp³-hybridized carbons (Fsp3) is 0.318. The lowest BCUT2D eigenvalue weighted by atomic mass is 10.0. The molecule has 0 saturated carbocycles. The second-order valence-electron chi connectivity index (χ2n) is 7.55. The third-order valence-electron chi connectivity index (χ3n) is 4.60. The zero-order chi connectivity index (χ0) is 24.0. The first kappa shape index (κ1) is 24.8. The number of nitro groups is 1. The van der Waals surface area contributed by atoms with Gasteiger partial charge in [-0.15, -0.1) is 0 Å². The summed E-state index contributed by atoms with van der Waals surface area (Å²) in [6.07, 6.45) is -1.20. The number of nitrogens with one attached hydrogen (secondary N) is 2. The summed E-state index contributed by atoms with van der Waals surface area (Å²) < 4.78 is 5.25. The van der Waals surface area contributed by atoms with Gasteiger partial charge in [-0.25, -0.2) is 4.79 Å². The Morgan fingerprint density at radius 2 is 1.69 bits per heavy atom. The van der Waals surface area contributed by atoms with E-state index < -0.39 is 34.9 Å². The Labute approximate surface area is 190 Å². The maximum atomic E-state index is 12.6. The fourth-order valence-corrected chi connectivity index (χ4v) is 2.90. The summed E-state index contributed by atoms with van der Waals surface area (Å²) in [5, 5.41) is 15.9. The summed E-state index contributed by atoms with van der Waals surface area (Å²) in [6, 6.07) is 9.47. The molecule has 2 aromatic rings. The SMILES string of the molecule is Cc1ccc(C(=O)N[C@H](C(=O)O[C@H](C)C(=O)Nc2ccc([N+](=O)[O-])cc2Cl)C(C)C)cc1. The molecule has 0 spiro atoms. The van der Waals surface area contributed by atoms with Gasteiger partial charge < -0.3 is 15.4 Å². The van der Waals surface area contributed by atoms with E-state index in [1.54, 1.807) is 38.1 Å². The fourth-order valence-electron chi connectivity index (χ4n) is 2.68. The van der Waals surface area contributed by atoms with Crippen LogP contribution in [0.3, 0.4) is 0 Å². The van der Waals surface area contributed by atoms with Gasteiger partial charge >= 0.3 is 5.97 Å². The quantitative estimate of drug-likeness (QED) is 0.349. The number of nitro benzene ring substituents is 1. The number of rotatable bonds is 8. The molecule has 0 heterocycles. The summed E-state index contributed by atoms with van der Waals surface area (Å²) in [7, 11) is 0. The predicted molar refractivity (Wildman–Crippen MR) is 120 cm³/mol. The van der Waals surface area contributed by atoms with Crippen molar-refractivity contribution in [3.05, 3.63) is 68.7 Å². The van der Waals surface area contributed by atoms with Crippen LogP contribution in [0.15, 0.2) is 42.5 Å². The van der Waals surface area contributed by atoms with E-state index in [2.05, 4.69) is 10.6 Å². The summed E-state index contributed by atoms with van der Waals surface area (Å²) in [5.41, 5.74) is 1.30. The molecule has 0 saturated heterocycles. The highest BCUT2D eigenvalue weighted by atomic mass is 35.5. The first-order valence-corrected chi connectivity index (χ1v) is 10.2. The molecule has 2 rings (SSSR count). The average Bonchev–Trinajstić information content (AvgIpc) is 2.73. The van der Waals surface area contributed by atoms with Crippen molar-refractivity contribution in [1.82, 2.24) is 5.32 Å². The molecule has 2 atom stereocenters. The Hall–Kier alpha value is -3.46. The van der Waals surface area contributed by atoms with Gasteiger partial charge in [0.15, 0.2) is 6.10 Å². The van der Waals surface area contributed by atoms with E-state index in [9.17, 15) is 24.5 Å². The molecular formula is C22H24ClN3O6. The van der Waals surface area contributed by atoms with E-state index in [0.717, 1.165) is 11.6 Å². The smallest absolute Gasteiger partial charge is 0.329 e. The van der Waals surface area contributed by atoms with Gasteiger partial charge in [0.2, 0.25) is 0 Å². The van der Waals surface area contributed by atoms with Crippen LogP contribution in [-0.4, -0.2) is 34.9 Å². The number of carbonyl (C=O) groups is 3. The molecule has 0 aromatic heterocycles. The minimum absolute atomic E-state index is 0.0310. The highest BCUT2D eigenvalue weighted by molar-refractivity contribution is 6.34. The van der Waals surface area contributed by atoms with Crippen molar-refractivity contribution in [2.24, 2.45) is 5.92 Å². The Balaban J connectivity index is 2.02. The minimum Gasteiger partial charge on any atom is -0.451 e. The molecule has 0 radical (unpaired) electrons. The normalized spacial score (nSPS) is 12.6. The molecule has 0 fully saturated rings. The first-order valence-electron chi connectivity index (χ1n) is 9.82. The summed E-state index contributed by atoms with van der Waals surface area (Å²) >= 11 is 5.97. The van der Waals surface area contributed by atoms with Crippen LogP contribution in [0.5, 0.6) is 0 Å². The van der Waals surface area contributed by atoms with E-state index >= 15 is 0 Å². The van der Waals surface area contributed by atoms with Gasteiger partial charge in [-0.05, 0) is 38.0 Å². The van der Waals surface area contributed by atoms with E-state index in [0.29, 0.717) is 5.56 Å². The maximum absolute atomic E-state index is 12.6. The number of hydrogen-bond acceptors (Lipinski definition) is 6. The lowest BCUT2D eigenvalue weighted by Crippen LogP contribution is -2.47. The molecule has 2 aromatic carbocycles. The van der Waals surface area contributed by atoms with Crippen molar-refractivity contribution in [2.45, 2.75) is 39.8 Å². The van der Waals surface area contributed by atoms with E-state index in [1.807, 2.05) is 6.92 Å². The van der Waals surface area contributed by atoms with Crippen LogP contribution in [0.4, 0.5) is 11.4 Å². The average molecular weight is 462 g/mol. The van der Waals surface area contributed by atoms with Crippen LogP contribution < -0.4 is 10.6 Å². The zero-order valence-electron chi connectivity index (χ0n) is 18.0. The van der Waals surface area contributed by atoms with Gasteiger partial charge in [-0.3, -0.25) is 19.7 Å². The zero-order valence-corrected chi connectivity index (χ0v) is 18.8. The molecular weight excluding hydrogens is 438 g/mol. The Morgan fingerprint density at radius 3 is 2.22 bits per heavy atom. The van der Waals surface area contributed by atoms with Gasteiger partial charge in [0.05, 0.1) is 15.6 Å². The van der Waals surface area contributed by atoms with Crippen molar-refractivity contribution in [3.8, 4) is 0 Å². The van der Waals surface area contributed by atoms with E-state index in [4.69, 9.17) is 16.3 Å². The van der Waals surface area contributed by atoms with Crippen molar-refractivity contribution < 1.29 is 24.0 Å². The molecule has 2 N–H and O–H groups in total. The summed E-state index contributed by atoms with van der Waals surface area (Å²) in [5.74, 6) is -2.17. The number of ether oxygens (including phenoxy) is 1. The Bertz CT molecular complexity index is 1020. The minimum atomic E-state index is -1.20. The number of amides is 2. The number of hydrogen-bond donors (Lipinski definition) is 2. The lowest BCUT2D eigenvalue weighted by Gasteiger charge is -2.23. The largest absolute Gasteiger partial charge is 0.451 e. The molecule has 2 amide bonds. The second-order valence-corrected chi connectivity index (χ2v) is 7.96. The number of halogens is 1. The van der Waals surface area contributed by atoms with Crippen LogP contribution >= 0.6 is 11.6 Å². The Morgan fingerprint density at radius 1 is 1.06 bits per heavy atom. The Kier molecular flexibility index (Phi) is 8.31. The number of anilines is 1. The van der Waals surface area contributed by atoms with E-state index in [1.165, 1.54) is 19.1 Å². The number of non-ortho nitro benzene ring substituents is 1. The van der Waals surface area contributed by atoms with Gasteiger partial charge in [0, 0.05) is 17.7 Å². The van der Waals surface area contributed by atoms with Crippen LogP contribution in [-0.2, 0) is 14.3 Å². The molecule has 0 aliphatic heterocycles. The first-order chi connectivity index (χ1) is 15.0. The van der Waals surface area contributed by atoms with Crippen LogP contribution in [0.1, 0.15) is 36.7 Å². The topological polar surface area (TPSA) is 128 Å². The number of aryl methyl sites for hydroxylation is 1. The highest BCUT2D eigenvalue weighted by Gasteiger charge is 2.29. The number of benzene rings is 2. The van der Waals surface area contributed by atoms with Crippen LogP contribution in [0.2, 0.25) is 5.02 Å². The summed E-state index contributed by atoms with van der Waals surface area (Å²) in [4.78, 5) is 47.7. The maximum Gasteiger partial charge on any atom is 0.329 e. The third-order valence-corrected chi connectivity index (χ3v) is 4.92. The van der Waals surface area contributed by atoms with Crippen LogP contribution in [0.25, 0.3) is 0 Å². The molecule has 0 aliphatic carbocycles. The lowest BCUT2D eigenvalue weighted by molar-refractivity contribution is -0.384. The van der Waals surface area contributed by atoms with Gasteiger partial charge in [-0.2, -0.15) is 0 Å². The van der Waals surface area contributed by atoms with Gasteiger partial charge in [0.1, 0.15) is 6.04 Å². The van der Waals surface area contributed by atoms with Crippen molar-refractivity contribution in [3.63, 3.8) is 0 Å². The monoisotopic (exact) mass is 461 g/mol. The van der Waals surface area contributed by atoms with Crippen molar-refractivity contribution in [2.75, 3.05) is 5.32 Å². The predicted octanol–water partition coefficient (Wildman–Crippen LogP) is 3.88. The summed E-state index contributed by atoms with van der Waals surface area (Å²) in [6.45, 7) is 6.74. The molecule has 0 aliphatic rings. The molecule has 0 bridgehead atoms. The molecule has 10 heteroatoms. The van der Waals surface area contributed by atoms with E-state index in [-0.39, 0.29) is 22.3 Å². The molecule has 0 unspecified atom stereocenters. The van der Waals surface area contributed by atoms with Crippen molar-refractivity contribution >= 4 is 40.8 Å².